The molecule has 0 aliphatic carbocycles. The number of nitrogens with two attached hydrogens (primary N) is 1. The predicted octanol–water partition coefficient (Wildman–Crippen LogP) is 1.43. The van der Waals surface area contributed by atoms with Gasteiger partial charge in [-0.25, -0.2) is 12.8 Å². The van der Waals surface area contributed by atoms with E-state index >= 15 is 0 Å². The van der Waals surface area contributed by atoms with E-state index in [4.69, 9.17) is 5.73 Å². The fourth-order valence-corrected chi connectivity index (χ4v) is 3.36. The first kappa shape index (κ1) is 14.5. The summed E-state index contributed by atoms with van der Waals surface area (Å²) < 4.78 is 40.3. The molecule has 2 aromatic rings. The first-order chi connectivity index (χ1) is 9.35. The van der Waals surface area contributed by atoms with Gasteiger partial charge in [-0.3, -0.25) is 9.82 Å². The summed E-state index contributed by atoms with van der Waals surface area (Å²) in [5, 5.41) is 6.46. The maximum atomic E-state index is 13.3. The number of hydrogen-bond donors (Lipinski definition) is 3. The smallest absolute Gasteiger partial charge is 0.265 e. The van der Waals surface area contributed by atoms with Gasteiger partial charge in [-0.1, -0.05) is 0 Å². The van der Waals surface area contributed by atoms with Crippen LogP contribution in [0.3, 0.4) is 0 Å². The Morgan fingerprint density at radius 1 is 1.40 bits per heavy atom. The number of aryl methyl sites for hydroxylation is 2. The Kier molecular flexibility index (Phi) is 3.78. The SMILES string of the molecule is Cc1n[nH]c(C)c1S(=O)(=O)Nc1ccc(F)c(CN)c1. The number of sulfonamides is 1. The van der Waals surface area contributed by atoms with E-state index in [2.05, 4.69) is 14.9 Å². The number of aromatic amines is 1. The number of nitrogens with one attached hydrogen (secondary N) is 2. The van der Waals surface area contributed by atoms with Crippen LogP contribution in [0.4, 0.5) is 10.1 Å². The highest BCUT2D eigenvalue weighted by Gasteiger charge is 2.22. The molecular weight excluding hydrogens is 283 g/mol. The van der Waals surface area contributed by atoms with Crippen LogP contribution in [0.25, 0.3) is 0 Å². The largest absolute Gasteiger partial charge is 0.326 e. The Morgan fingerprint density at radius 3 is 2.65 bits per heavy atom. The van der Waals surface area contributed by atoms with Crippen molar-refractivity contribution in [3.8, 4) is 0 Å². The Hall–Kier alpha value is -1.93. The van der Waals surface area contributed by atoms with Crippen LogP contribution in [0.1, 0.15) is 17.0 Å². The van der Waals surface area contributed by atoms with Crippen molar-refractivity contribution in [2.45, 2.75) is 25.3 Å². The van der Waals surface area contributed by atoms with Crippen molar-refractivity contribution in [3.63, 3.8) is 0 Å². The van der Waals surface area contributed by atoms with Crippen LogP contribution in [0, 0.1) is 19.7 Å². The minimum absolute atomic E-state index is 0.00876. The molecule has 0 atom stereocenters. The van der Waals surface area contributed by atoms with Crippen LogP contribution in [0.2, 0.25) is 0 Å². The molecule has 20 heavy (non-hydrogen) atoms. The number of hydrogen-bond acceptors (Lipinski definition) is 4. The third kappa shape index (κ3) is 2.66. The van der Waals surface area contributed by atoms with Gasteiger partial charge in [0.25, 0.3) is 10.0 Å². The summed E-state index contributed by atoms with van der Waals surface area (Å²) in [6, 6.07) is 3.89. The van der Waals surface area contributed by atoms with Crippen molar-refractivity contribution in [1.29, 1.82) is 0 Å². The average Bonchev–Trinajstić information content (AvgIpc) is 2.71. The van der Waals surface area contributed by atoms with E-state index in [1.54, 1.807) is 13.8 Å². The van der Waals surface area contributed by atoms with Gasteiger partial charge in [0.05, 0.1) is 11.4 Å². The normalized spacial score (nSPS) is 11.6. The van der Waals surface area contributed by atoms with Crippen molar-refractivity contribution in [2.24, 2.45) is 5.73 Å². The molecule has 0 aliphatic rings. The van der Waals surface area contributed by atoms with Gasteiger partial charge in [0.2, 0.25) is 0 Å². The van der Waals surface area contributed by atoms with E-state index in [-0.39, 0.29) is 22.7 Å². The predicted molar refractivity (Wildman–Crippen MR) is 73.2 cm³/mol. The molecule has 0 fully saturated rings. The molecule has 1 aromatic carbocycles. The Bertz CT molecular complexity index is 720. The van der Waals surface area contributed by atoms with Gasteiger partial charge in [0, 0.05) is 17.8 Å². The number of halogens is 1. The lowest BCUT2D eigenvalue weighted by molar-refractivity contribution is 0.599. The molecule has 6 nitrogen and oxygen atoms in total. The molecule has 0 unspecified atom stereocenters. The van der Waals surface area contributed by atoms with Crippen molar-refractivity contribution in [2.75, 3.05) is 4.72 Å². The highest BCUT2D eigenvalue weighted by atomic mass is 32.2. The van der Waals surface area contributed by atoms with Crippen molar-refractivity contribution < 1.29 is 12.8 Å². The lowest BCUT2D eigenvalue weighted by Gasteiger charge is -2.09. The summed E-state index contributed by atoms with van der Waals surface area (Å²) in [5.74, 6) is -0.467. The number of nitrogens with zero attached hydrogens (tertiary/aromatic N) is 1. The monoisotopic (exact) mass is 298 g/mol. The Labute approximate surface area is 116 Å². The van der Waals surface area contributed by atoms with Crippen LogP contribution in [-0.4, -0.2) is 18.6 Å². The summed E-state index contributed by atoms with van der Waals surface area (Å²) in [4.78, 5) is 0.0936. The van der Waals surface area contributed by atoms with Crippen LogP contribution >= 0.6 is 0 Å². The van der Waals surface area contributed by atoms with Gasteiger partial charge < -0.3 is 5.73 Å². The summed E-state index contributed by atoms with van der Waals surface area (Å²) in [7, 11) is -3.78. The van der Waals surface area contributed by atoms with Crippen molar-refractivity contribution in [3.05, 3.63) is 41.0 Å². The molecule has 1 heterocycles. The van der Waals surface area contributed by atoms with Crippen molar-refractivity contribution >= 4 is 15.7 Å². The van der Waals surface area contributed by atoms with Crippen LogP contribution in [-0.2, 0) is 16.6 Å². The van der Waals surface area contributed by atoms with E-state index in [1.807, 2.05) is 0 Å². The molecule has 108 valence electrons. The molecule has 2 rings (SSSR count). The number of H-pyrrole nitrogens is 1. The lowest BCUT2D eigenvalue weighted by atomic mass is 10.2. The molecule has 0 amide bonds. The van der Waals surface area contributed by atoms with E-state index in [9.17, 15) is 12.8 Å². The molecular formula is C12H15FN4O2S. The minimum Gasteiger partial charge on any atom is -0.326 e. The fraction of sp³-hybridized carbons (Fsp3) is 0.250. The second-order valence-corrected chi connectivity index (χ2v) is 6.00. The number of rotatable bonds is 4. The lowest BCUT2D eigenvalue weighted by Crippen LogP contribution is -2.15. The number of anilines is 1. The van der Waals surface area contributed by atoms with E-state index in [0.717, 1.165) is 0 Å². The van der Waals surface area contributed by atoms with Gasteiger partial charge in [-0.05, 0) is 32.0 Å². The zero-order valence-corrected chi connectivity index (χ0v) is 11.9. The van der Waals surface area contributed by atoms with Gasteiger partial charge >= 0.3 is 0 Å². The highest BCUT2D eigenvalue weighted by Crippen LogP contribution is 2.22. The van der Waals surface area contributed by atoms with Crippen LogP contribution in [0.5, 0.6) is 0 Å². The molecule has 0 spiro atoms. The van der Waals surface area contributed by atoms with Gasteiger partial charge in [-0.15, -0.1) is 0 Å². The minimum atomic E-state index is -3.78. The molecule has 0 radical (unpaired) electrons. The maximum Gasteiger partial charge on any atom is 0.265 e. The van der Waals surface area contributed by atoms with Gasteiger partial charge in [0.15, 0.2) is 0 Å². The zero-order valence-electron chi connectivity index (χ0n) is 11.1. The molecule has 0 saturated carbocycles. The average molecular weight is 298 g/mol. The quantitative estimate of drug-likeness (QED) is 0.794. The Balaban J connectivity index is 2.39. The fourth-order valence-electron chi connectivity index (χ4n) is 1.94. The number of aromatic nitrogens is 2. The molecule has 1 aromatic heterocycles. The molecule has 0 saturated heterocycles. The first-order valence-electron chi connectivity index (χ1n) is 5.88. The third-order valence-corrected chi connectivity index (χ3v) is 4.49. The summed E-state index contributed by atoms with van der Waals surface area (Å²) >= 11 is 0. The van der Waals surface area contributed by atoms with Crippen LogP contribution in [0.15, 0.2) is 23.1 Å². The molecule has 0 bridgehead atoms. The van der Waals surface area contributed by atoms with E-state index in [1.165, 1.54) is 18.2 Å². The number of benzene rings is 1. The summed E-state index contributed by atoms with van der Waals surface area (Å²) in [5.41, 5.74) is 6.70. The zero-order chi connectivity index (χ0) is 14.9. The van der Waals surface area contributed by atoms with E-state index < -0.39 is 15.8 Å². The Morgan fingerprint density at radius 2 is 2.10 bits per heavy atom. The van der Waals surface area contributed by atoms with Crippen molar-refractivity contribution in [1.82, 2.24) is 10.2 Å². The van der Waals surface area contributed by atoms with Gasteiger partial charge in [0.1, 0.15) is 10.7 Å². The van der Waals surface area contributed by atoms with Crippen LogP contribution < -0.4 is 10.5 Å². The highest BCUT2D eigenvalue weighted by molar-refractivity contribution is 7.92. The summed E-state index contributed by atoms with van der Waals surface area (Å²) in [6.07, 6.45) is 0. The second kappa shape index (κ2) is 5.22. The standard InChI is InChI=1S/C12H15FN4O2S/c1-7-12(8(2)16-15-7)20(18,19)17-10-3-4-11(13)9(5-10)6-14/h3-5,17H,6,14H2,1-2H3,(H,15,16). The first-order valence-corrected chi connectivity index (χ1v) is 7.36. The third-order valence-electron chi connectivity index (χ3n) is 2.85. The summed E-state index contributed by atoms with van der Waals surface area (Å²) in [6.45, 7) is 3.20. The van der Waals surface area contributed by atoms with Gasteiger partial charge in [-0.2, -0.15) is 5.10 Å². The van der Waals surface area contributed by atoms with E-state index in [0.29, 0.717) is 11.4 Å². The topological polar surface area (TPSA) is 101 Å². The second-order valence-electron chi connectivity index (χ2n) is 4.38. The molecule has 0 aliphatic heterocycles. The maximum absolute atomic E-state index is 13.3. The molecule has 4 N–H and O–H groups in total. The molecule has 8 heteroatoms.